The predicted molar refractivity (Wildman–Crippen MR) is 247 cm³/mol. The van der Waals surface area contributed by atoms with Crippen molar-refractivity contribution in [3.8, 4) is 0 Å². The Morgan fingerprint density at radius 1 is 0.894 bits per heavy atom. The predicted octanol–water partition coefficient (Wildman–Crippen LogP) is 5.61. The molecule has 0 bridgehead atoms. The highest BCUT2D eigenvalue weighted by atomic mass is 28.4. The highest BCUT2D eigenvalue weighted by Gasteiger charge is 2.52. The van der Waals surface area contributed by atoms with Crippen molar-refractivity contribution in [2.45, 2.75) is 181 Å². The summed E-state index contributed by atoms with van der Waals surface area (Å²) in [5.41, 5.74) is 0.716. The number of aliphatic hydroxyl groups is 2. The molecule has 66 heavy (non-hydrogen) atoms. The Labute approximate surface area is 393 Å². The van der Waals surface area contributed by atoms with E-state index in [-0.39, 0.29) is 31.8 Å². The van der Waals surface area contributed by atoms with Gasteiger partial charge in [-0.15, -0.1) is 0 Å². The van der Waals surface area contributed by atoms with Crippen molar-refractivity contribution in [2.24, 2.45) is 23.7 Å². The van der Waals surface area contributed by atoms with E-state index in [4.69, 9.17) is 47.1 Å². The standard InChI is InChI=1S/C48H81NO16Si/c1-15-38-35(26-58-47-46(57-14)44(56-13)39(27-59-47)65-66(16-2,17-3)18-4)23-28(5)19-20-36(53)29(6)24-34(21-22-50)42(30(7)37(54)25-40(55)63-38)64-48-45(62-33(10)52)41(49(11)12)43(31(8)60-48)61-32(9)51/h19-20,23,27,29-31,34-35,37-38,41-48,50,54H,15-18,21-22,24-26H2,1-14H3/b20-19+,28-23+/t29-,30+,31?,34+,35?,37-,38-,41?,42-,43-,44?,45?,46?,47-,48+/m1/s1. The van der Waals surface area contributed by atoms with E-state index >= 15 is 0 Å². The highest BCUT2D eigenvalue weighted by Crippen LogP contribution is 2.37. The molecule has 0 radical (unpaired) electrons. The van der Waals surface area contributed by atoms with E-state index in [1.807, 2.05) is 19.9 Å². The van der Waals surface area contributed by atoms with Crippen LogP contribution in [0.2, 0.25) is 18.1 Å². The van der Waals surface area contributed by atoms with E-state index in [1.165, 1.54) is 19.9 Å². The van der Waals surface area contributed by atoms with Gasteiger partial charge in [-0.3, -0.25) is 24.1 Å². The molecule has 3 aliphatic rings. The number of hydrogen-bond donors (Lipinski definition) is 2. The summed E-state index contributed by atoms with van der Waals surface area (Å²) in [7, 11) is 4.55. The first-order valence-electron chi connectivity index (χ1n) is 23.7. The number of aliphatic hydroxyl groups excluding tert-OH is 2. The zero-order chi connectivity index (χ0) is 49.5. The largest absolute Gasteiger partial charge is 0.542 e. The van der Waals surface area contributed by atoms with E-state index in [0.29, 0.717) is 17.8 Å². The van der Waals surface area contributed by atoms with Crippen LogP contribution >= 0.6 is 0 Å². The monoisotopic (exact) mass is 956 g/mol. The summed E-state index contributed by atoms with van der Waals surface area (Å²) in [5, 5.41) is 22.2. The summed E-state index contributed by atoms with van der Waals surface area (Å²) in [5.74, 6) is -3.92. The first-order valence-corrected chi connectivity index (χ1v) is 26.2. The maximum atomic E-state index is 13.9. The Morgan fingerprint density at radius 3 is 2.08 bits per heavy atom. The van der Waals surface area contributed by atoms with Crippen molar-refractivity contribution in [1.29, 1.82) is 0 Å². The maximum absolute atomic E-state index is 13.9. The van der Waals surface area contributed by atoms with Gasteiger partial charge in [0.15, 0.2) is 24.3 Å². The lowest BCUT2D eigenvalue weighted by Gasteiger charge is -2.48. The summed E-state index contributed by atoms with van der Waals surface area (Å²) in [6.07, 6.45) is -2.13. The number of nitrogens with zero attached hydrogens (tertiary/aromatic N) is 1. The van der Waals surface area contributed by atoms with Crippen molar-refractivity contribution in [2.75, 3.05) is 41.5 Å². The first-order chi connectivity index (χ1) is 31.2. The molecule has 3 aliphatic heterocycles. The van der Waals surface area contributed by atoms with E-state index in [2.05, 4.69) is 20.8 Å². The fraction of sp³-hybridized carbons (Fsp3) is 0.792. The molecule has 3 rings (SSSR count). The Hall–Kier alpha value is -3.20. The van der Waals surface area contributed by atoms with E-state index < -0.39 is 124 Å². The third kappa shape index (κ3) is 15.4. The third-order valence-corrected chi connectivity index (χ3v) is 17.9. The molecular weight excluding hydrogens is 875 g/mol. The maximum Gasteiger partial charge on any atom is 0.308 e. The van der Waals surface area contributed by atoms with Crippen LogP contribution in [0.4, 0.5) is 0 Å². The molecule has 0 aromatic rings. The van der Waals surface area contributed by atoms with Gasteiger partial charge in [0.1, 0.15) is 30.3 Å². The number of rotatable bonds is 18. The molecule has 3 heterocycles. The molecule has 18 heteroatoms. The molecule has 6 unspecified atom stereocenters. The molecule has 2 N–H and O–H groups in total. The zero-order valence-corrected chi connectivity index (χ0v) is 42.9. The topological polar surface area (TPSA) is 204 Å². The summed E-state index contributed by atoms with van der Waals surface area (Å²) in [4.78, 5) is 54.3. The Balaban J connectivity index is 2.01. The minimum Gasteiger partial charge on any atom is -0.542 e. The second-order valence-corrected chi connectivity index (χ2v) is 23.0. The molecule has 1 saturated heterocycles. The van der Waals surface area contributed by atoms with Crippen molar-refractivity contribution in [3.63, 3.8) is 0 Å². The minimum absolute atomic E-state index is 0.0250. The molecule has 0 aromatic carbocycles. The van der Waals surface area contributed by atoms with Gasteiger partial charge in [0.05, 0.1) is 37.4 Å². The molecule has 1 fully saturated rings. The van der Waals surface area contributed by atoms with Crippen LogP contribution in [0, 0.1) is 23.7 Å². The van der Waals surface area contributed by atoms with Crippen LogP contribution in [0.15, 0.2) is 35.8 Å². The SMILES string of the molecule is CC[C@H]1OC(=O)C[C@@H](O)[C@H](C)[C@@H](O[C@@H]2OC(C)[C@@H](OC(C)=O)C(N(C)C)C2OC(C)=O)[C@@H](CCO)C[C@@H](C)C(=O)/C=C/C(C)=C/C1CO[C@@H]1OC=C(O[Si](CC)(CC)CC)C(OC)C1OC. The van der Waals surface area contributed by atoms with Gasteiger partial charge in [0.2, 0.25) is 14.6 Å². The number of carbonyl (C=O) groups excluding carboxylic acids is 4. The van der Waals surface area contributed by atoms with E-state index in [0.717, 1.165) is 18.1 Å². The number of hydrogen-bond acceptors (Lipinski definition) is 17. The Kier molecular flexibility index (Phi) is 23.5. The fourth-order valence-electron chi connectivity index (χ4n) is 9.34. The second kappa shape index (κ2) is 27.1. The Morgan fingerprint density at radius 2 is 1.53 bits per heavy atom. The van der Waals surface area contributed by atoms with Gasteiger partial charge in [0, 0.05) is 52.4 Å². The van der Waals surface area contributed by atoms with E-state index in [9.17, 15) is 29.4 Å². The van der Waals surface area contributed by atoms with Crippen LogP contribution in [0.3, 0.4) is 0 Å². The lowest BCUT2D eigenvalue weighted by molar-refractivity contribution is -0.308. The fourth-order valence-corrected chi connectivity index (χ4v) is 11.9. The van der Waals surface area contributed by atoms with Crippen molar-refractivity contribution >= 4 is 32.0 Å². The average Bonchev–Trinajstić information content (AvgIpc) is 3.27. The Bertz CT molecular complexity index is 1640. The van der Waals surface area contributed by atoms with Gasteiger partial charge < -0.3 is 57.3 Å². The van der Waals surface area contributed by atoms with Gasteiger partial charge in [-0.05, 0) is 77.3 Å². The van der Waals surface area contributed by atoms with Crippen LogP contribution in [-0.4, -0.2) is 156 Å². The normalized spacial score (nSPS) is 35.4. The number of esters is 3. The third-order valence-electron chi connectivity index (χ3n) is 13.4. The summed E-state index contributed by atoms with van der Waals surface area (Å²) in [6, 6.07) is 2.06. The number of ketones is 1. The molecule has 0 aliphatic carbocycles. The molecular formula is C48H81NO16Si. The van der Waals surface area contributed by atoms with Gasteiger partial charge in [0.25, 0.3) is 0 Å². The van der Waals surface area contributed by atoms with Gasteiger partial charge in [-0.25, -0.2) is 0 Å². The summed E-state index contributed by atoms with van der Waals surface area (Å²) in [6.45, 7) is 17.6. The van der Waals surface area contributed by atoms with E-state index in [1.54, 1.807) is 66.3 Å². The number of carbonyl (C=O) groups is 4. The number of cyclic esters (lactones) is 1. The second-order valence-electron chi connectivity index (χ2n) is 18.3. The molecule has 0 spiro atoms. The van der Waals surface area contributed by atoms with Crippen LogP contribution in [0.5, 0.6) is 0 Å². The molecule has 0 saturated carbocycles. The van der Waals surface area contributed by atoms with Crippen LogP contribution in [-0.2, 0) is 66.2 Å². The number of allylic oxidation sites excluding steroid dienone is 3. The highest BCUT2D eigenvalue weighted by molar-refractivity contribution is 6.73. The average molecular weight is 956 g/mol. The lowest BCUT2D eigenvalue weighted by atomic mass is 9.79. The molecule has 0 amide bonds. The van der Waals surface area contributed by atoms with Crippen molar-refractivity contribution in [1.82, 2.24) is 4.90 Å². The first kappa shape index (κ1) is 57.1. The molecule has 378 valence electrons. The smallest absolute Gasteiger partial charge is 0.308 e. The lowest BCUT2D eigenvalue weighted by Crippen LogP contribution is -2.65. The quantitative estimate of drug-likeness (QED) is 0.0974. The van der Waals surface area contributed by atoms with Gasteiger partial charge in [-0.1, -0.05) is 59.3 Å². The number of ether oxygens (including phenoxy) is 9. The molecule has 17 nitrogen and oxygen atoms in total. The van der Waals surface area contributed by atoms with Crippen LogP contribution in [0.25, 0.3) is 0 Å². The number of methoxy groups -OCH3 is 2. The summed E-state index contributed by atoms with van der Waals surface area (Å²) >= 11 is 0. The molecule has 0 aromatic heterocycles. The van der Waals surface area contributed by atoms with Crippen molar-refractivity contribution in [3.05, 3.63) is 35.8 Å². The summed E-state index contributed by atoms with van der Waals surface area (Å²) < 4.78 is 61.8. The number of likely N-dealkylation sites (N-methyl/N-ethyl adjacent to an activating group) is 1. The van der Waals surface area contributed by atoms with Gasteiger partial charge >= 0.3 is 17.9 Å². The van der Waals surface area contributed by atoms with Crippen LogP contribution in [0.1, 0.15) is 94.9 Å². The zero-order valence-electron chi connectivity index (χ0n) is 41.9. The molecule has 15 atom stereocenters. The van der Waals surface area contributed by atoms with Crippen LogP contribution < -0.4 is 0 Å². The van der Waals surface area contributed by atoms with Gasteiger partial charge in [-0.2, -0.15) is 0 Å². The minimum atomic E-state index is -2.09. The van der Waals surface area contributed by atoms with Crippen molar-refractivity contribution < 1.29 is 76.4 Å².